The number of halogens is 2. The van der Waals surface area contributed by atoms with E-state index < -0.39 is 11.9 Å². The first-order chi connectivity index (χ1) is 13.6. The van der Waals surface area contributed by atoms with Crippen LogP contribution in [0, 0.1) is 5.82 Å². The van der Waals surface area contributed by atoms with E-state index >= 15 is 0 Å². The predicted octanol–water partition coefficient (Wildman–Crippen LogP) is 5.28. The van der Waals surface area contributed by atoms with E-state index in [-0.39, 0.29) is 22.9 Å². The zero-order valence-electron chi connectivity index (χ0n) is 14.7. The standard InChI is InChI=1S/C22H16ClFN2O2/c23-17-7-4-8-18(24)21(17)19-13-20(28-26-19)22(27)25-16-11-9-15(10-12-16)14-5-2-1-3-6-14/h1-12,20H,13H2,(H,25,27). The van der Waals surface area contributed by atoms with E-state index in [4.69, 9.17) is 16.4 Å². The first kappa shape index (κ1) is 18.2. The van der Waals surface area contributed by atoms with E-state index in [0.29, 0.717) is 11.4 Å². The number of rotatable bonds is 4. The van der Waals surface area contributed by atoms with Gasteiger partial charge in [-0.1, -0.05) is 65.3 Å². The molecule has 28 heavy (non-hydrogen) atoms. The van der Waals surface area contributed by atoms with Gasteiger partial charge < -0.3 is 10.2 Å². The monoisotopic (exact) mass is 394 g/mol. The highest BCUT2D eigenvalue weighted by molar-refractivity contribution is 6.34. The van der Waals surface area contributed by atoms with Crippen LogP contribution in [0.1, 0.15) is 12.0 Å². The van der Waals surface area contributed by atoms with Crippen molar-refractivity contribution in [1.82, 2.24) is 0 Å². The number of nitrogens with zero attached hydrogens (tertiary/aromatic N) is 1. The molecule has 0 spiro atoms. The van der Waals surface area contributed by atoms with Gasteiger partial charge in [0.2, 0.25) is 6.10 Å². The normalized spacial score (nSPS) is 15.6. The van der Waals surface area contributed by atoms with Gasteiger partial charge in [0.05, 0.1) is 16.3 Å². The van der Waals surface area contributed by atoms with Crippen LogP contribution in [0.15, 0.2) is 78.0 Å². The highest BCUT2D eigenvalue weighted by atomic mass is 35.5. The second kappa shape index (κ2) is 7.82. The Labute approximate surface area is 166 Å². The van der Waals surface area contributed by atoms with Gasteiger partial charge in [-0.15, -0.1) is 0 Å². The average Bonchev–Trinajstić information content (AvgIpc) is 3.19. The molecular weight excluding hydrogens is 379 g/mol. The van der Waals surface area contributed by atoms with E-state index in [9.17, 15) is 9.18 Å². The molecule has 0 aliphatic carbocycles. The third-order valence-corrected chi connectivity index (χ3v) is 4.79. The molecule has 1 aliphatic heterocycles. The molecule has 1 aliphatic rings. The molecule has 1 atom stereocenters. The van der Waals surface area contributed by atoms with Crippen molar-refractivity contribution in [3.05, 3.63) is 89.2 Å². The number of hydrogen-bond acceptors (Lipinski definition) is 3. The van der Waals surface area contributed by atoms with Gasteiger partial charge in [-0.25, -0.2) is 4.39 Å². The van der Waals surface area contributed by atoms with Gasteiger partial charge in [0.15, 0.2) is 0 Å². The summed E-state index contributed by atoms with van der Waals surface area (Å²) >= 11 is 6.06. The van der Waals surface area contributed by atoms with Gasteiger partial charge in [-0.3, -0.25) is 4.79 Å². The Morgan fingerprint density at radius 3 is 2.43 bits per heavy atom. The molecule has 1 amide bonds. The van der Waals surface area contributed by atoms with Crippen molar-refractivity contribution in [3.63, 3.8) is 0 Å². The Bertz CT molecular complexity index is 1020. The summed E-state index contributed by atoms with van der Waals surface area (Å²) in [6, 6.07) is 21.8. The molecule has 4 rings (SSSR count). The fourth-order valence-corrected chi connectivity index (χ4v) is 3.31. The van der Waals surface area contributed by atoms with Gasteiger partial charge in [0, 0.05) is 12.1 Å². The largest absolute Gasteiger partial charge is 0.382 e. The number of benzene rings is 3. The van der Waals surface area contributed by atoms with Crippen LogP contribution in [0.3, 0.4) is 0 Å². The summed E-state index contributed by atoms with van der Waals surface area (Å²) in [5, 5.41) is 6.89. The predicted molar refractivity (Wildman–Crippen MR) is 108 cm³/mol. The molecule has 0 fully saturated rings. The SMILES string of the molecule is O=C(Nc1ccc(-c2ccccc2)cc1)C1CC(c2c(F)cccc2Cl)=NO1. The van der Waals surface area contributed by atoms with Crippen molar-refractivity contribution in [2.75, 3.05) is 5.32 Å². The zero-order valence-corrected chi connectivity index (χ0v) is 15.5. The number of nitrogens with one attached hydrogen (secondary N) is 1. The number of oxime groups is 1. The number of anilines is 1. The highest BCUT2D eigenvalue weighted by Gasteiger charge is 2.31. The number of carbonyl (C=O) groups is 1. The molecule has 6 heteroatoms. The summed E-state index contributed by atoms with van der Waals surface area (Å²) < 4.78 is 14.0. The molecule has 0 aromatic heterocycles. The summed E-state index contributed by atoms with van der Waals surface area (Å²) in [6.07, 6.45) is -0.686. The molecule has 3 aromatic rings. The number of hydrogen-bond donors (Lipinski definition) is 1. The molecular formula is C22H16ClFN2O2. The minimum atomic E-state index is -0.834. The molecule has 0 bridgehead atoms. The van der Waals surface area contributed by atoms with E-state index in [2.05, 4.69) is 10.5 Å². The van der Waals surface area contributed by atoms with Crippen molar-refractivity contribution in [2.45, 2.75) is 12.5 Å². The quantitative estimate of drug-likeness (QED) is 0.654. The summed E-state index contributed by atoms with van der Waals surface area (Å²) in [5.74, 6) is -0.842. The second-order valence-electron chi connectivity index (χ2n) is 6.37. The minimum absolute atomic E-state index is 0.147. The van der Waals surface area contributed by atoms with Crippen LogP contribution in [-0.4, -0.2) is 17.7 Å². The maximum Gasteiger partial charge on any atom is 0.268 e. The van der Waals surface area contributed by atoms with Gasteiger partial charge in [0.1, 0.15) is 5.82 Å². The Hall–Kier alpha value is -3.18. The van der Waals surface area contributed by atoms with E-state index in [1.807, 2.05) is 54.6 Å². The summed E-state index contributed by atoms with van der Waals surface area (Å²) in [6.45, 7) is 0. The molecule has 1 N–H and O–H groups in total. The summed E-state index contributed by atoms with van der Waals surface area (Å²) in [7, 11) is 0. The van der Waals surface area contributed by atoms with E-state index in [0.717, 1.165) is 11.1 Å². The van der Waals surface area contributed by atoms with Crippen LogP contribution < -0.4 is 5.32 Å². The molecule has 1 unspecified atom stereocenters. The minimum Gasteiger partial charge on any atom is -0.382 e. The lowest BCUT2D eigenvalue weighted by atomic mass is 10.0. The Balaban J connectivity index is 1.41. The number of amides is 1. The van der Waals surface area contributed by atoms with Crippen LogP contribution >= 0.6 is 11.6 Å². The Morgan fingerprint density at radius 2 is 1.71 bits per heavy atom. The first-order valence-electron chi connectivity index (χ1n) is 8.75. The molecule has 4 nitrogen and oxygen atoms in total. The smallest absolute Gasteiger partial charge is 0.268 e. The van der Waals surface area contributed by atoms with E-state index in [1.165, 1.54) is 12.1 Å². The van der Waals surface area contributed by atoms with Crippen molar-refractivity contribution < 1.29 is 14.0 Å². The molecule has 1 heterocycles. The van der Waals surface area contributed by atoms with Gasteiger partial charge in [-0.05, 0) is 35.4 Å². The van der Waals surface area contributed by atoms with Crippen LogP contribution in [0.25, 0.3) is 11.1 Å². The molecule has 140 valence electrons. The zero-order chi connectivity index (χ0) is 19.5. The van der Waals surface area contributed by atoms with Crippen LogP contribution in [0.4, 0.5) is 10.1 Å². The van der Waals surface area contributed by atoms with E-state index in [1.54, 1.807) is 6.07 Å². The van der Waals surface area contributed by atoms with Gasteiger partial charge in [-0.2, -0.15) is 0 Å². The van der Waals surface area contributed by atoms with Crippen molar-refractivity contribution >= 4 is 28.9 Å². The third-order valence-electron chi connectivity index (χ3n) is 4.47. The maximum atomic E-state index is 14.0. The lowest BCUT2D eigenvalue weighted by molar-refractivity contribution is -0.125. The van der Waals surface area contributed by atoms with Crippen LogP contribution in [-0.2, 0) is 9.63 Å². The molecule has 0 radical (unpaired) electrons. The maximum absolute atomic E-state index is 14.0. The number of carbonyl (C=O) groups excluding carboxylic acids is 1. The lowest BCUT2D eigenvalue weighted by Gasteiger charge is -2.10. The highest BCUT2D eigenvalue weighted by Crippen LogP contribution is 2.26. The summed E-state index contributed by atoms with van der Waals surface area (Å²) in [4.78, 5) is 17.7. The molecule has 0 saturated heterocycles. The van der Waals surface area contributed by atoms with Crippen LogP contribution in [0.2, 0.25) is 5.02 Å². The van der Waals surface area contributed by atoms with Crippen molar-refractivity contribution in [1.29, 1.82) is 0 Å². The van der Waals surface area contributed by atoms with Gasteiger partial charge in [0.25, 0.3) is 5.91 Å². The Kier molecular flexibility index (Phi) is 5.08. The first-order valence-corrected chi connectivity index (χ1v) is 9.13. The van der Waals surface area contributed by atoms with Crippen LogP contribution in [0.5, 0.6) is 0 Å². The van der Waals surface area contributed by atoms with Crippen molar-refractivity contribution in [3.8, 4) is 11.1 Å². The van der Waals surface area contributed by atoms with Gasteiger partial charge >= 0.3 is 0 Å². The fraction of sp³-hybridized carbons (Fsp3) is 0.0909. The van der Waals surface area contributed by atoms with Crippen molar-refractivity contribution in [2.24, 2.45) is 5.16 Å². The lowest BCUT2D eigenvalue weighted by Crippen LogP contribution is -2.28. The third kappa shape index (κ3) is 3.75. The molecule has 0 saturated carbocycles. The summed E-state index contributed by atoms with van der Waals surface area (Å²) in [5.41, 5.74) is 3.29. The fourth-order valence-electron chi connectivity index (χ4n) is 3.04. The Morgan fingerprint density at radius 1 is 1.00 bits per heavy atom. The molecule has 3 aromatic carbocycles. The average molecular weight is 395 g/mol. The second-order valence-corrected chi connectivity index (χ2v) is 6.77. The topological polar surface area (TPSA) is 50.7 Å².